The van der Waals surface area contributed by atoms with Gasteiger partial charge in [0, 0.05) is 7.11 Å². The van der Waals surface area contributed by atoms with Crippen molar-refractivity contribution in [1.82, 2.24) is 0 Å². The molecule has 0 rings (SSSR count). The van der Waals surface area contributed by atoms with E-state index in [0.717, 1.165) is 12.8 Å². The van der Waals surface area contributed by atoms with Crippen LogP contribution in [0.3, 0.4) is 0 Å². The zero-order valence-corrected chi connectivity index (χ0v) is 11.5. The molecule has 0 fully saturated rings. The van der Waals surface area contributed by atoms with E-state index in [0.29, 0.717) is 0 Å². The normalized spacial score (nSPS) is 18.6. The van der Waals surface area contributed by atoms with Gasteiger partial charge in [-0.25, -0.2) is 0 Å². The van der Waals surface area contributed by atoms with Crippen LogP contribution in [0, 0.1) is 0 Å². The second-order valence-corrected chi connectivity index (χ2v) is 5.17. The molecule has 0 bridgehead atoms. The summed E-state index contributed by atoms with van der Waals surface area (Å²) in [5.41, 5.74) is 0. The van der Waals surface area contributed by atoms with Crippen molar-refractivity contribution in [3.05, 3.63) is 0 Å². The third-order valence-corrected chi connectivity index (χ3v) is 3.21. The van der Waals surface area contributed by atoms with Crippen molar-refractivity contribution in [1.29, 1.82) is 0 Å². The molecule has 0 aliphatic heterocycles. The van der Waals surface area contributed by atoms with Gasteiger partial charge in [0.15, 0.2) is 5.91 Å². The fourth-order valence-electron chi connectivity index (χ4n) is 0.957. The van der Waals surface area contributed by atoms with Gasteiger partial charge in [-0.15, -0.1) is 0 Å². The largest absolute Gasteiger partial charge is 0.421 e. The predicted molar refractivity (Wildman–Crippen MR) is 61.0 cm³/mol. The van der Waals surface area contributed by atoms with Gasteiger partial charge in [0.25, 0.3) is 0 Å². The van der Waals surface area contributed by atoms with E-state index >= 15 is 0 Å². The molecule has 0 saturated heterocycles. The van der Waals surface area contributed by atoms with Crippen LogP contribution in [0.1, 0.15) is 40.5 Å². The van der Waals surface area contributed by atoms with Crippen molar-refractivity contribution in [3.8, 4) is 0 Å². The Balaban J connectivity index is 3.88. The molecule has 0 aliphatic rings. The summed E-state index contributed by atoms with van der Waals surface area (Å²) in [7, 11) is 1.01. The minimum Gasteiger partial charge on any atom is -0.421 e. The Bertz CT molecular complexity index is 121. The smallest absolute Gasteiger partial charge is 0.223 e. The number of hydrogen-bond acceptors (Lipinski definition) is 3. The van der Waals surface area contributed by atoms with Crippen molar-refractivity contribution in [2.24, 2.45) is 0 Å². The number of hydrogen-bond donors (Lipinski definition) is 0. The summed E-state index contributed by atoms with van der Waals surface area (Å²) in [6.45, 7) is 8.35. The van der Waals surface area contributed by atoms with Gasteiger partial charge in [0.1, 0.15) is 0 Å². The molecule has 86 valence electrons. The highest BCUT2D eigenvalue weighted by molar-refractivity contribution is 6.28. The first-order valence-corrected chi connectivity index (χ1v) is 6.83. The summed E-state index contributed by atoms with van der Waals surface area (Å²) in [5, 5.41) is 0. The Morgan fingerprint density at radius 3 is 1.71 bits per heavy atom. The topological polar surface area (TPSA) is 27.7 Å². The fraction of sp³-hybridized carbons (Fsp3) is 1.00. The molecule has 0 aromatic carbocycles. The number of ether oxygens (including phenoxy) is 2. The highest BCUT2D eigenvalue weighted by atomic mass is 28.2. The Hall–Kier alpha value is 0.0969. The molecule has 0 heterocycles. The second-order valence-electron chi connectivity index (χ2n) is 3.59. The third kappa shape index (κ3) is 6.54. The zero-order chi connectivity index (χ0) is 11.0. The fourth-order valence-corrected chi connectivity index (χ4v) is 2.04. The Kier molecular flexibility index (Phi) is 8.47. The van der Waals surface area contributed by atoms with Gasteiger partial charge in [-0.05, 0) is 26.7 Å². The molecule has 0 amide bonds. The Labute approximate surface area is 90.1 Å². The summed E-state index contributed by atoms with van der Waals surface area (Å²) in [6.07, 6.45) is 2.54. The van der Waals surface area contributed by atoms with Crippen LogP contribution < -0.4 is 0 Å². The summed E-state index contributed by atoms with van der Waals surface area (Å²) in [4.78, 5) is 0. The predicted octanol–water partition coefficient (Wildman–Crippen LogP) is 1.63. The maximum Gasteiger partial charge on any atom is 0.223 e. The third-order valence-electron chi connectivity index (χ3n) is 2.22. The zero-order valence-electron chi connectivity index (χ0n) is 10.1. The van der Waals surface area contributed by atoms with Crippen molar-refractivity contribution in [2.75, 3.05) is 7.11 Å². The molecule has 0 aliphatic carbocycles. The standard InChI is InChI=1S/C10H24O3Si/c1-6-8(3)12-10(14-11-5)13-9(4)7-2/h8-10H,6-7,14H2,1-5H3. The first kappa shape index (κ1) is 14.1. The molecule has 14 heavy (non-hydrogen) atoms. The van der Waals surface area contributed by atoms with Gasteiger partial charge in [-0.2, -0.15) is 0 Å². The van der Waals surface area contributed by atoms with Crippen LogP contribution >= 0.6 is 0 Å². The Morgan fingerprint density at radius 2 is 1.43 bits per heavy atom. The molecule has 0 aromatic rings. The van der Waals surface area contributed by atoms with Crippen molar-refractivity contribution >= 4 is 9.76 Å². The van der Waals surface area contributed by atoms with E-state index in [1.165, 1.54) is 0 Å². The SMILES string of the molecule is CCC(C)OC(OC(C)CC)[SiH2]OC. The lowest BCUT2D eigenvalue weighted by Gasteiger charge is -2.24. The molecule has 0 radical (unpaired) electrons. The lowest BCUT2D eigenvalue weighted by atomic mass is 10.3. The highest BCUT2D eigenvalue weighted by Gasteiger charge is 2.15. The van der Waals surface area contributed by atoms with E-state index in [2.05, 4.69) is 27.7 Å². The lowest BCUT2D eigenvalue weighted by Crippen LogP contribution is -2.32. The van der Waals surface area contributed by atoms with Gasteiger partial charge in [-0.3, -0.25) is 0 Å². The van der Waals surface area contributed by atoms with Crippen LogP contribution in [0.4, 0.5) is 0 Å². The molecule has 0 saturated carbocycles. The molecular formula is C10H24O3Si. The number of rotatable bonds is 8. The second kappa shape index (κ2) is 8.41. The van der Waals surface area contributed by atoms with E-state index in [9.17, 15) is 0 Å². The van der Waals surface area contributed by atoms with Crippen molar-refractivity contribution in [2.45, 2.75) is 58.7 Å². The van der Waals surface area contributed by atoms with E-state index in [1.54, 1.807) is 7.11 Å². The van der Waals surface area contributed by atoms with E-state index in [4.69, 9.17) is 13.9 Å². The molecule has 2 unspecified atom stereocenters. The minimum atomic E-state index is -0.713. The minimum absolute atomic E-state index is 0.0927. The van der Waals surface area contributed by atoms with Crippen LogP contribution in [0.5, 0.6) is 0 Å². The van der Waals surface area contributed by atoms with Crippen LogP contribution in [0.15, 0.2) is 0 Å². The van der Waals surface area contributed by atoms with E-state index in [1.807, 2.05) is 0 Å². The van der Waals surface area contributed by atoms with Gasteiger partial charge < -0.3 is 13.9 Å². The molecular weight excluding hydrogens is 196 g/mol. The van der Waals surface area contributed by atoms with E-state index in [-0.39, 0.29) is 18.1 Å². The molecule has 4 heteroatoms. The van der Waals surface area contributed by atoms with E-state index < -0.39 is 9.76 Å². The summed E-state index contributed by atoms with van der Waals surface area (Å²) >= 11 is 0. The maximum atomic E-state index is 5.73. The van der Waals surface area contributed by atoms with Crippen LogP contribution in [0.25, 0.3) is 0 Å². The molecule has 0 aromatic heterocycles. The van der Waals surface area contributed by atoms with Gasteiger partial charge in [0.05, 0.1) is 12.2 Å². The van der Waals surface area contributed by atoms with Gasteiger partial charge >= 0.3 is 0 Å². The summed E-state index contributed by atoms with van der Waals surface area (Å²) < 4.78 is 16.6. The lowest BCUT2D eigenvalue weighted by molar-refractivity contribution is -0.148. The van der Waals surface area contributed by atoms with Gasteiger partial charge in [-0.1, -0.05) is 13.8 Å². The maximum absolute atomic E-state index is 5.73. The highest BCUT2D eigenvalue weighted by Crippen LogP contribution is 2.07. The first-order chi connectivity index (χ1) is 6.63. The van der Waals surface area contributed by atoms with Crippen LogP contribution in [0.2, 0.25) is 0 Å². The molecule has 0 spiro atoms. The quantitative estimate of drug-likeness (QED) is 0.460. The summed E-state index contributed by atoms with van der Waals surface area (Å²) in [5.74, 6) is -0.0927. The van der Waals surface area contributed by atoms with Crippen molar-refractivity contribution in [3.63, 3.8) is 0 Å². The molecule has 2 atom stereocenters. The first-order valence-electron chi connectivity index (χ1n) is 5.43. The Morgan fingerprint density at radius 1 is 1.00 bits per heavy atom. The van der Waals surface area contributed by atoms with Crippen LogP contribution in [-0.4, -0.2) is 35.0 Å². The molecule has 3 nitrogen and oxygen atoms in total. The monoisotopic (exact) mass is 220 g/mol. The van der Waals surface area contributed by atoms with Crippen molar-refractivity contribution < 1.29 is 13.9 Å². The molecule has 0 N–H and O–H groups in total. The average molecular weight is 220 g/mol. The average Bonchev–Trinajstić information content (AvgIpc) is 2.17. The summed E-state index contributed by atoms with van der Waals surface area (Å²) in [6, 6.07) is 0. The van der Waals surface area contributed by atoms with Crippen LogP contribution in [-0.2, 0) is 13.9 Å². The van der Waals surface area contributed by atoms with Gasteiger partial charge in [0.2, 0.25) is 9.76 Å².